The summed E-state index contributed by atoms with van der Waals surface area (Å²) in [5.41, 5.74) is 2.29. The van der Waals surface area contributed by atoms with Crippen LogP contribution in [-0.2, 0) is 24.4 Å². The van der Waals surface area contributed by atoms with Crippen molar-refractivity contribution in [3.05, 3.63) is 72.2 Å². The smallest absolute Gasteiger partial charge is 0.192 e. The summed E-state index contributed by atoms with van der Waals surface area (Å²) in [6, 6.07) is 11.9. The third kappa shape index (κ3) is 6.76. The van der Waals surface area contributed by atoms with Gasteiger partial charge in [0.25, 0.3) is 0 Å². The minimum Gasteiger partial charge on any atom is -0.467 e. The second kappa shape index (κ2) is 11.7. The number of nitrogens with one attached hydrogen (secondary N) is 2. The minimum absolute atomic E-state index is 0. The molecule has 0 saturated heterocycles. The zero-order valence-electron chi connectivity index (χ0n) is 13.8. The highest BCUT2D eigenvalue weighted by Gasteiger charge is 2.03. The van der Waals surface area contributed by atoms with Gasteiger partial charge in [-0.1, -0.05) is 30.3 Å². The van der Waals surface area contributed by atoms with Crippen molar-refractivity contribution >= 4 is 29.9 Å². The first-order valence-corrected chi connectivity index (χ1v) is 7.54. The van der Waals surface area contributed by atoms with E-state index >= 15 is 0 Å². The monoisotopic (exact) mass is 441 g/mol. The molecule has 6 heteroatoms. The molecule has 0 aliphatic carbocycles. The van der Waals surface area contributed by atoms with Gasteiger partial charge in [-0.25, -0.2) is 4.99 Å². The lowest BCUT2D eigenvalue weighted by molar-refractivity contribution is 0.184. The molecule has 2 N–H and O–H groups in total. The van der Waals surface area contributed by atoms with Crippen LogP contribution in [0.5, 0.6) is 0 Å². The molecule has 0 amide bonds. The Labute approximate surface area is 160 Å². The topological polar surface area (TPSA) is 58.8 Å². The maximum atomic E-state index is 5.32. The fourth-order valence-electron chi connectivity index (χ4n) is 2.10. The maximum absolute atomic E-state index is 5.32. The van der Waals surface area contributed by atoms with Gasteiger partial charge in [-0.3, -0.25) is 0 Å². The van der Waals surface area contributed by atoms with Crippen molar-refractivity contribution in [3.8, 4) is 0 Å². The van der Waals surface area contributed by atoms with Gasteiger partial charge >= 0.3 is 0 Å². The molecule has 1 aromatic heterocycles. The Hall–Kier alpha value is -1.80. The fraction of sp³-hybridized carbons (Fsp3) is 0.278. The van der Waals surface area contributed by atoms with Gasteiger partial charge in [0.1, 0.15) is 5.76 Å². The quantitative estimate of drug-likeness (QED) is 0.285. The van der Waals surface area contributed by atoms with Gasteiger partial charge in [0.15, 0.2) is 5.96 Å². The Kier molecular flexibility index (Phi) is 9.86. The van der Waals surface area contributed by atoms with Crippen LogP contribution < -0.4 is 10.6 Å². The van der Waals surface area contributed by atoms with E-state index in [1.165, 1.54) is 0 Å². The number of furan rings is 1. The average Bonchev–Trinajstić information content (AvgIpc) is 3.09. The van der Waals surface area contributed by atoms with Crippen LogP contribution in [-0.4, -0.2) is 19.6 Å². The molecule has 0 saturated carbocycles. The summed E-state index contributed by atoms with van der Waals surface area (Å²) < 4.78 is 10.6. The minimum atomic E-state index is 0. The molecule has 1 aromatic carbocycles. The SMILES string of the molecule is C=CCNC(=NCc1ccccc1COC)NCc1ccco1.I. The van der Waals surface area contributed by atoms with E-state index in [1.54, 1.807) is 19.4 Å². The molecule has 0 radical (unpaired) electrons. The molecule has 130 valence electrons. The summed E-state index contributed by atoms with van der Waals surface area (Å²) in [6.45, 7) is 6.10. The number of ether oxygens (including phenoxy) is 1. The predicted octanol–water partition coefficient (Wildman–Crippen LogP) is 3.47. The van der Waals surface area contributed by atoms with Gasteiger partial charge < -0.3 is 19.8 Å². The highest BCUT2D eigenvalue weighted by atomic mass is 127. The molecular weight excluding hydrogens is 417 g/mol. The number of hydrogen-bond donors (Lipinski definition) is 2. The van der Waals surface area contributed by atoms with Gasteiger partial charge in [-0.15, -0.1) is 30.6 Å². The van der Waals surface area contributed by atoms with Crippen LogP contribution in [0, 0.1) is 0 Å². The van der Waals surface area contributed by atoms with Crippen molar-refractivity contribution in [2.24, 2.45) is 4.99 Å². The number of aliphatic imine (C=N–C) groups is 1. The normalized spacial score (nSPS) is 10.8. The van der Waals surface area contributed by atoms with Crippen molar-refractivity contribution in [1.82, 2.24) is 10.6 Å². The second-order valence-electron chi connectivity index (χ2n) is 4.97. The van der Waals surface area contributed by atoms with Crippen molar-refractivity contribution in [2.45, 2.75) is 19.7 Å². The van der Waals surface area contributed by atoms with E-state index in [1.807, 2.05) is 24.3 Å². The molecule has 0 fully saturated rings. The van der Waals surface area contributed by atoms with Crippen LogP contribution in [0.2, 0.25) is 0 Å². The van der Waals surface area contributed by atoms with Crippen molar-refractivity contribution in [1.29, 1.82) is 0 Å². The first-order chi connectivity index (χ1) is 11.3. The van der Waals surface area contributed by atoms with Gasteiger partial charge in [0.2, 0.25) is 0 Å². The number of hydrogen-bond acceptors (Lipinski definition) is 3. The summed E-state index contributed by atoms with van der Waals surface area (Å²) in [5, 5.41) is 6.45. The van der Waals surface area contributed by atoms with Crippen molar-refractivity contribution in [2.75, 3.05) is 13.7 Å². The molecule has 24 heavy (non-hydrogen) atoms. The van der Waals surface area contributed by atoms with Crippen molar-refractivity contribution < 1.29 is 9.15 Å². The number of nitrogens with zero attached hydrogens (tertiary/aromatic N) is 1. The molecule has 0 spiro atoms. The lowest BCUT2D eigenvalue weighted by Crippen LogP contribution is -2.37. The van der Waals surface area contributed by atoms with E-state index < -0.39 is 0 Å². The lowest BCUT2D eigenvalue weighted by Gasteiger charge is -2.11. The number of methoxy groups -OCH3 is 1. The number of rotatable bonds is 8. The van der Waals surface area contributed by atoms with Gasteiger partial charge in [0, 0.05) is 13.7 Å². The molecule has 2 rings (SSSR count). The first-order valence-electron chi connectivity index (χ1n) is 7.54. The third-order valence-electron chi connectivity index (χ3n) is 3.25. The number of benzene rings is 1. The Morgan fingerprint density at radius 2 is 2.00 bits per heavy atom. The van der Waals surface area contributed by atoms with E-state index in [-0.39, 0.29) is 24.0 Å². The van der Waals surface area contributed by atoms with Crippen LogP contribution in [0.3, 0.4) is 0 Å². The van der Waals surface area contributed by atoms with E-state index in [9.17, 15) is 0 Å². The van der Waals surface area contributed by atoms with Gasteiger partial charge in [-0.05, 0) is 23.3 Å². The zero-order valence-corrected chi connectivity index (χ0v) is 16.2. The Balaban J connectivity index is 0.00000288. The summed E-state index contributed by atoms with van der Waals surface area (Å²) in [5.74, 6) is 1.58. The molecular formula is C18H24IN3O2. The second-order valence-corrected chi connectivity index (χ2v) is 4.97. The summed E-state index contributed by atoms with van der Waals surface area (Å²) >= 11 is 0. The van der Waals surface area contributed by atoms with Crippen LogP contribution in [0.4, 0.5) is 0 Å². The van der Waals surface area contributed by atoms with E-state index in [0.29, 0.717) is 32.2 Å². The average molecular weight is 441 g/mol. The fourth-order valence-corrected chi connectivity index (χ4v) is 2.10. The van der Waals surface area contributed by atoms with E-state index in [4.69, 9.17) is 9.15 Å². The van der Waals surface area contributed by atoms with E-state index in [0.717, 1.165) is 16.9 Å². The summed E-state index contributed by atoms with van der Waals surface area (Å²) in [4.78, 5) is 4.62. The highest BCUT2D eigenvalue weighted by Crippen LogP contribution is 2.11. The standard InChI is InChI=1S/C18H23N3O2.HI/c1-3-10-19-18(21-13-17-9-6-11-23-17)20-12-15-7-4-5-8-16(15)14-22-2;/h3-9,11H,1,10,12-14H2,2H3,(H2,19,20,21);1H. The molecule has 5 nitrogen and oxygen atoms in total. The number of halogens is 1. The van der Waals surface area contributed by atoms with Crippen LogP contribution >= 0.6 is 24.0 Å². The van der Waals surface area contributed by atoms with Crippen LogP contribution in [0.1, 0.15) is 16.9 Å². The number of guanidine groups is 1. The van der Waals surface area contributed by atoms with Gasteiger partial charge in [0.05, 0.1) is 26.0 Å². The highest BCUT2D eigenvalue weighted by molar-refractivity contribution is 14.0. The molecule has 0 aliphatic rings. The molecule has 2 aromatic rings. The predicted molar refractivity (Wildman–Crippen MR) is 107 cm³/mol. The summed E-state index contributed by atoms with van der Waals surface area (Å²) in [7, 11) is 1.70. The van der Waals surface area contributed by atoms with Gasteiger partial charge in [-0.2, -0.15) is 0 Å². The molecule has 0 bridgehead atoms. The molecule has 0 unspecified atom stereocenters. The van der Waals surface area contributed by atoms with Crippen LogP contribution in [0.15, 0.2) is 64.7 Å². The zero-order chi connectivity index (χ0) is 16.3. The third-order valence-corrected chi connectivity index (χ3v) is 3.25. The Morgan fingerprint density at radius 1 is 1.21 bits per heavy atom. The Bertz CT molecular complexity index is 627. The van der Waals surface area contributed by atoms with Crippen molar-refractivity contribution in [3.63, 3.8) is 0 Å². The Morgan fingerprint density at radius 3 is 2.67 bits per heavy atom. The summed E-state index contributed by atoms with van der Waals surface area (Å²) in [6.07, 6.45) is 3.45. The molecule has 0 aliphatic heterocycles. The largest absolute Gasteiger partial charge is 0.467 e. The first kappa shape index (κ1) is 20.2. The maximum Gasteiger partial charge on any atom is 0.192 e. The lowest BCUT2D eigenvalue weighted by atomic mass is 10.1. The van der Waals surface area contributed by atoms with E-state index in [2.05, 4.69) is 34.3 Å². The molecule has 1 heterocycles. The molecule has 0 atom stereocenters. The van der Waals surface area contributed by atoms with Crippen LogP contribution in [0.25, 0.3) is 0 Å².